The molecule has 8 aromatic rings. The lowest BCUT2D eigenvalue weighted by atomic mass is 9.85. The van der Waals surface area contributed by atoms with Gasteiger partial charge in [-0.1, -0.05) is 95.6 Å². The van der Waals surface area contributed by atoms with Gasteiger partial charge >= 0.3 is 0 Å². The molecule has 0 saturated carbocycles. The second-order valence-corrected chi connectivity index (χ2v) is 14.1. The van der Waals surface area contributed by atoms with Crippen LogP contribution in [-0.4, -0.2) is 0 Å². The van der Waals surface area contributed by atoms with E-state index in [1.165, 1.54) is 105 Å². The van der Waals surface area contributed by atoms with Crippen molar-refractivity contribution in [3.05, 3.63) is 168 Å². The largest absolute Gasteiger partial charge is 0.259 e. The monoisotopic (exact) mass is 628 g/mol. The van der Waals surface area contributed by atoms with Crippen molar-refractivity contribution in [1.29, 1.82) is 0 Å². The summed E-state index contributed by atoms with van der Waals surface area (Å²) in [4.78, 5) is 0. The Morgan fingerprint density at radius 3 is 1.76 bits per heavy atom. The van der Waals surface area contributed by atoms with Crippen LogP contribution in [0.3, 0.4) is 0 Å². The highest BCUT2D eigenvalue weighted by atomic mass is 15.1. The number of hydrogen-bond donors (Lipinski definition) is 0. The molecule has 0 N–H and O–H groups in total. The summed E-state index contributed by atoms with van der Waals surface area (Å²) >= 11 is 0. The molecule has 0 unspecified atom stereocenters. The number of allylic oxidation sites excluding steroid dienone is 2. The molecule has 6 aromatic carbocycles. The third-order valence-corrected chi connectivity index (χ3v) is 10.8. The second-order valence-electron chi connectivity index (χ2n) is 14.1. The predicted octanol–water partition coefficient (Wildman–Crippen LogP) is 10.6. The van der Waals surface area contributed by atoms with E-state index in [9.17, 15) is 0 Å². The lowest BCUT2D eigenvalue weighted by Crippen LogP contribution is -2.47. The van der Waals surface area contributed by atoms with Gasteiger partial charge in [-0.2, -0.15) is 9.13 Å². The first kappa shape index (κ1) is 28.2. The molecule has 0 aliphatic carbocycles. The third kappa shape index (κ3) is 4.34. The minimum atomic E-state index is 0.857. The molecule has 0 amide bonds. The van der Waals surface area contributed by atoms with Crippen molar-refractivity contribution in [3.8, 4) is 33.6 Å². The van der Waals surface area contributed by atoms with Crippen LogP contribution in [0.2, 0.25) is 0 Å². The number of fused-ring (bicyclic) bond motifs is 12. The molecule has 0 bridgehead atoms. The van der Waals surface area contributed by atoms with Crippen molar-refractivity contribution in [2.24, 2.45) is 0 Å². The number of benzene rings is 6. The van der Waals surface area contributed by atoms with E-state index in [1.54, 1.807) is 0 Å². The van der Waals surface area contributed by atoms with Gasteiger partial charge in [-0.15, -0.1) is 0 Å². The Balaban J connectivity index is 1.25. The SMILES string of the molecule is Cc1ccc2c(c1)-c1cc(-c3ccccc3)cc[n+]1/C(=C1\Cc3cc4c5ccc(C)cc5c5ccc(C)cc5c4cc3-c3cccc[n+]31)C2. The predicted molar refractivity (Wildman–Crippen MR) is 203 cm³/mol. The summed E-state index contributed by atoms with van der Waals surface area (Å²) in [5.74, 6) is 0. The van der Waals surface area contributed by atoms with Crippen LogP contribution >= 0.6 is 0 Å². The van der Waals surface area contributed by atoms with E-state index in [2.05, 4.69) is 170 Å². The summed E-state index contributed by atoms with van der Waals surface area (Å²) < 4.78 is 4.93. The van der Waals surface area contributed by atoms with Gasteiger partial charge < -0.3 is 0 Å². The minimum Gasteiger partial charge on any atom is -0.158 e. The van der Waals surface area contributed by atoms with Crippen LogP contribution in [0.4, 0.5) is 0 Å². The maximum atomic E-state index is 2.51. The molecule has 0 spiro atoms. The zero-order valence-corrected chi connectivity index (χ0v) is 28.1. The molecule has 0 atom stereocenters. The van der Waals surface area contributed by atoms with E-state index in [0.29, 0.717) is 0 Å². The van der Waals surface area contributed by atoms with Gasteiger partial charge in [0.05, 0.1) is 24.0 Å². The standard InChI is InChI=1S/C47H36N2/c1-29-12-15-34-26-46(49-20-18-33(25-45(49)38(34)21-29)32-9-5-4-6-10-32)47-27-35-24-42-37-17-14-30(2)22-40(37)36-16-13-31(3)23-41(36)43(42)28-39(35)44-11-7-8-19-48(44)47/h4-25,28H,26-27H2,1-3H3/q+2/b47-46+. The minimum absolute atomic E-state index is 0.857. The third-order valence-electron chi connectivity index (χ3n) is 10.8. The summed E-state index contributed by atoms with van der Waals surface area (Å²) in [6.45, 7) is 6.60. The average molecular weight is 629 g/mol. The number of nitrogens with zero attached hydrogens (tertiary/aromatic N) is 2. The van der Waals surface area contributed by atoms with Crippen molar-refractivity contribution in [2.75, 3.05) is 0 Å². The molecule has 4 heterocycles. The van der Waals surface area contributed by atoms with Crippen LogP contribution in [-0.2, 0) is 12.8 Å². The summed E-state index contributed by atoms with van der Waals surface area (Å²) in [6.07, 6.45) is 6.30. The van der Waals surface area contributed by atoms with E-state index in [4.69, 9.17) is 0 Å². The van der Waals surface area contributed by atoms with Crippen molar-refractivity contribution in [3.63, 3.8) is 0 Å². The number of pyridine rings is 2. The maximum absolute atomic E-state index is 2.51. The van der Waals surface area contributed by atoms with Gasteiger partial charge in [-0.05, 0) is 99.6 Å². The zero-order chi connectivity index (χ0) is 32.8. The van der Waals surface area contributed by atoms with E-state index in [-0.39, 0.29) is 0 Å². The Bertz CT molecular complexity index is 2730. The highest BCUT2D eigenvalue weighted by Gasteiger charge is 2.38. The van der Waals surface area contributed by atoms with Gasteiger partial charge in [-0.3, -0.25) is 0 Å². The average Bonchev–Trinajstić information content (AvgIpc) is 3.14. The first-order valence-corrected chi connectivity index (χ1v) is 17.3. The smallest absolute Gasteiger partial charge is 0.158 e. The summed E-state index contributed by atoms with van der Waals surface area (Å²) in [6, 6.07) is 47.9. The van der Waals surface area contributed by atoms with Crippen LogP contribution in [0.15, 0.2) is 140 Å². The highest BCUT2D eigenvalue weighted by Crippen LogP contribution is 2.42. The quantitative estimate of drug-likeness (QED) is 0.126. The molecule has 2 aliphatic rings. The molecule has 0 saturated heterocycles. The summed E-state index contributed by atoms with van der Waals surface area (Å²) in [5.41, 5.74) is 16.9. The number of hydrogen-bond acceptors (Lipinski definition) is 0. The van der Waals surface area contributed by atoms with Crippen molar-refractivity contribution in [1.82, 2.24) is 0 Å². The molecule has 10 rings (SSSR count). The molecular formula is C47H36N2+2. The van der Waals surface area contributed by atoms with E-state index in [1.807, 2.05) is 0 Å². The van der Waals surface area contributed by atoms with Gasteiger partial charge in [0.25, 0.3) is 11.4 Å². The van der Waals surface area contributed by atoms with Gasteiger partial charge in [0, 0.05) is 24.3 Å². The lowest BCUT2D eigenvalue weighted by molar-refractivity contribution is -0.602. The zero-order valence-electron chi connectivity index (χ0n) is 28.1. The topological polar surface area (TPSA) is 7.76 Å². The first-order chi connectivity index (χ1) is 24.0. The van der Waals surface area contributed by atoms with Crippen LogP contribution in [0.5, 0.6) is 0 Å². The molecule has 232 valence electrons. The van der Waals surface area contributed by atoms with E-state index >= 15 is 0 Å². The Kier molecular flexibility index (Phi) is 6.08. The fourth-order valence-corrected chi connectivity index (χ4v) is 8.45. The molecular weight excluding hydrogens is 593 g/mol. The molecule has 2 aliphatic heterocycles. The number of rotatable bonds is 1. The van der Waals surface area contributed by atoms with Crippen molar-refractivity contribution in [2.45, 2.75) is 33.6 Å². The fraction of sp³-hybridized carbons (Fsp3) is 0.106. The Labute approximate surface area is 286 Å². The van der Waals surface area contributed by atoms with Gasteiger partial charge in [0.15, 0.2) is 12.4 Å². The Hall–Kier alpha value is -5.86. The second kappa shape index (κ2) is 10.6. The van der Waals surface area contributed by atoms with Crippen LogP contribution in [0.1, 0.15) is 27.8 Å². The first-order valence-electron chi connectivity index (χ1n) is 17.3. The van der Waals surface area contributed by atoms with Crippen molar-refractivity contribution < 1.29 is 9.13 Å². The molecule has 0 fully saturated rings. The normalized spacial score (nSPS) is 14.8. The highest BCUT2D eigenvalue weighted by molar-refractivity contribution is 6.26. The summed E-state index contributed by atoms with van der Waals surface area (Å²) in [5, 5.41) is 8.00. The van der Waals surface area contributed by atoms with E-state index < -0.39 is 0 Å². The molecule has 2 nitrogen and oxygen atoms in total. The van der Waals surface area contributed by atoms with Crippen molar-refractivity contribution >= 4 is 43.7 Å². The Morgan fingerprint density at radius 2 is 0.980 bits per heavy atom. The lowest BCUT2D eigenvalue weighted by Gasteiger charge is -2.22. The van der Waals surface area contributed by atoms with Crippen LogP contribution in [0, 0.1) is 20.8 Å². The molecule has 2 heteroatoms. The van der Waals surface area contributed by atoms with Gasteiger partial charge in [0.2, 0.25) is 11.4 Å². The van der Waals surface area contributed by atoms with Gasteiger partial charge in [0.1, 0.15) is 0 Å². The number of aryl methyl sites for hydroxylation is 3. The van der Waals surface area contributed by atoms with Gasteiger partial charge in [-0.25, -0.2) is 0 Å². The number of aromatic nitrogens is 2. The maximum Gasteiger partial charge on any atom is 0.259 e. The molecule has 2 aromatic heterocycles. The fourth-order valence-electron chi connectivity index (χ4n) is 8.45. The Morgan fingerprint density at radius 1 is 0.388 bits per heavy atom. The van der Waals surface area contributed by atoms with Crippen LogP contribution in [0.25, 0.3) is 77.4 Å². The summed E-state index contributed by atoms with van der Waals surface area (Å²) in [7, 11) is 0. The van der Waals surface area contributed by atoms with Crippen LogP contribution < -0.4 is 9.13 Å². The van der Waals surface area contributed by atoms with E-state index in [0.717, 1.165) is 12.8 Å². The molecule has 49 heavy (non-hydrogen) atoms. The molecule has 0 radical (unpaired) electrons.